The lowest BCUT2D eigenvalue weighted by Crippen LogP contribution is -2.46. The average molecular weight is 555 g/mol. The fourth-order valence-corrected chi connectivity index (χ4v) is 9.33. The fourth-order valence-electron chi connectivity index (χ4n) is 9.33. The van der Waals surface area contributed by atoms with Gasteiger partial charge < -0.3 is 10.0 Å². The van der Waals surface area contributed by atoms with Crippen LogP contribution in [0.1, 0.15) is 50.0 Å². The zero-order valence-corrected chi connectivity index (χ0v) is 22.6. The summed E-state index contributed by atoms with van der Waals surface area (Å²) in [5, 5.41) is 13.0. The van der Waals surface area contributed by atoms with Gasteiger partial charge in [-0.25, -0.2) is 0 Å². The minimum atomic E-state index is -4.56. The maximum atomic E-state index is 13.7. The first-order valence-electron chi connectivity index (χ1n) is 15.0. The van der Waals surface area contributed by atoms with E-state index in [-0.39, 0.29) is 18.2 Å². The van der Waals surface area contributed by atoms with Crippen molar-refractivity contribution in [3.63, 3.8) is 0 Å². The van der Waals surface area contributed by atoms with Crippen LogP contribution in [0.4, 0.5) is 13.2 Å². The first kappa shape index (κ1) is 26.4. The number of piperidine rings is 1. The SMILES string of the molecule is O=C1C2C3CC(C2C(=O)N1C[C@H]1CCC[C@@H]1CN1CCC(c2cccc4ccccc24)CC1)C(C(F)(F)F)C3O. The number of hydrogen-bond acceptors (Lipinski definition) is 4. The highest BCUT2D eigenvalue weighted by Gasteiger charge is 2.71. The lowest BCUT2D eigenvalue weighted by atomic mass is 9.73. The summed E-state index contributed by atoms with van der Waals surface area (Å²) in [6.07, 6.45) is -0.789. The predicted molar refractivity (Wildman–Crippen MR) is 144 cm³/mol. The number of nitrogens with zero attached hydrogens (tertiary/aromatic N) is 2. The number of amides is 2. The van der Waals surface area contributed by atoms with Gasteiger partial charge in [-0.2, -0.15) is 13.2 Å². The predicted octanol–water partition coefficient (Wildman–Crippen LogP) is 5.23. The second-order valence-electron chi connectivity index (χ2n) is 13.1. The molecular weight excluding hydrogens is 517 g/mol. The van der Waals surface area contributed by atoms with E-state index in [4.69, 9.17) is 0 Å². The summed E-state index contributed by atoms with van der Waals surface area (Å²) in [7, 11) is 0. The number of alkyl halides is 3. The molecule has 2 aliphatic heterocycles. The Bertz CT molecular complexity index is 1300. The third-order valence-corrected chi connectivity index (χ3v) is 11.2. The normalized spacial score (nSPS) is 36.8. The highest BCUT2D eigenvalue weighted by molar-refractivity contribution is 6.06. The third-order valence-electron chi connectivity index (χ3n) is 11.2. The Morgan fingerprint density at radius 3 is 2.20 bits per heavy atom. The molecule has 5 fully saturated rings. The molecule has 5 aliphatic rings. The molecule has 2 heterocycles. The van der Waals surface area contributed by atoms with Crippen LogP contribution in [0.2, 0.25) is 0 Å². The molecule has 3 aliphatic carbocycles. The zero-order valence-electron chi connectivity index (χ0n) is 22.6. The van der Waals surface area contributed by atoms with Gasteiger partial charge in [0.15, 0.2) is 0 Å². The molecule has 40 heavy (non-hydrogen) atoms. The van der Waals surface area contributed by atoms with E-state index in [1.54, 1.807) is 0 Å². The van der Waals surface area contributed by atoms with Gasteiger partial charge in [-0.05, 0) is 91.1 Å². The van der Waals surface area contributed by atoms with Crippen LogP contribution in [0.5, 0.6) is 0 Å². The van der Waals surface area contributed by atoms with Crippen LogP contribution < -0.4 is 0 Å². The number of carbonyl (C=O) groups excluding carboxylic acids is 2. The largest absolute Gasteiger partial charge is 0.394 e. The van der Waals surface area contributed by atoms with Crippen LogP contribution >= 0.6 is 0 Å². The zero-order chi connectivity index (χ0) is 27.8. The van der Waals surface area contributed by atoms with Gasteiger partial charge in [0.25, 0.3) is 0 Å². The van der Waals surface area contributed by atoms with Crippen molar-refractivity contribution in [3.8, 4) is 0 Å². The number of imide groups is 1. The first-order chi connectivity index (χ1) is 19.2. The molecule has 8 atom stereocenters. The minimum Gasteiger partial charge on any atom is -0.392 e. The van der Waals surface area contributed by atoms with E-state index < -0.39 is 47.8 Å². The van der Waals surface area contributed by atoms with Crippen molar-refractivity contribution in [2.45, 2.75) is 56.7 Å². The van der Waals surface area contributed by atoms with E-state index in [2.05, 4.69) is 47.4 Å². The highest BCUT2D eigenvalue weighted by Crippen LogP contribution is 2.62. The summed E-state index contributed by atoms with van der Waals surface area (Å²) in [5.41, 5.74) is 1.43. The number of benzene rings is 2. The molecule has 8 heteroatoms. The van der Waals surface area contributed by atoms with Gasteiger partial charge in [-0.1, -0.05) is 48.9 Å². The highest BCUT2D eigenvalue weighted by atomic mass is 19.4. The molecular formula is C32H37F3N2O3. The van der Waals surface area contributed by atoms with Crippen molar-refractivity contribution in [2.75, 3.05) is 26.2 Å². The Hall–Kier alpha value is -2.45. The van der Waals surface area contributed by atoms with Crippen LogP contribution in [0, 0.1) is 41.4 Å². The van der Waals surface area contributed by atoms with Gasteiger partial charge in [0, 0.05) is 13.1 Å². The van der Waals surface area contributed by atoms with Crippen LogP contribution in [-0.2, 0) is 9.59 Å². The lowest BCUT2D eigenvalue weighted by Gasteiger charge is -2.36. The molecule has 2 amide bonds. The number of aliphatic hydroxyl groups is 1. The number of halogens is 3. The molecule has 0 spiro atoms. The Morgan fingerprint density at radius 1 is 0.825 bits per heavy atom. The van der Waals surface area contributed by atoms with Crippen molar-refractivity contribution in [3.05, 3.63) is 48.0 Å². The average Bonchev–Trinajstić information content (AvgIpc) is 3.68. The molecule has 6 unspecified atom stereocenters. The van der Waals surface area contributed by atoms with Gasteiger partial charge in [0.1, 0.15) is 0 Å². The summed E-state index contributed by atoms with van der Waals surface area (Å²) in [5.74, 6) is -5.00. The Morgan fingerprint density at radius 2 is 1.48 bits per heavy atom. The van der Waals surface area contributed by atoms with Crippen molar-refractivity contribution >= 4 is 22.6 Å². The molecule has 2 aromatic carbocycles. The summed E-state index contributed by atoms with van der Waals surface area (Å²) < 4.78 is 41.0. The Kier molecular flexibility index (Phi) is 6.50. The molecule has 0 radical (unpaired) electrons. The molecule has 5 nitrogen and oxygen atoms in total. The molecule has 2 saturated heterocycles. The van der Waals surface area contributed by atoms with Gasteiger partial charge in [-0.3, -0.25) is 14.5 Å². The van der Waals surface area contributed by atoms with E-state index in [0.29, 0.717) is 18.4 Å². The summed E-state index contributed by atoms with van der Waals surface area (Å²) in [6.45, 7) is 3.29. The molecule has 2 bridgehead atoms. The van der Waals surface area contributed by atoms with Crippen LogP contribution in [0.15, 0.2) is 42.5 Å². The minimum absolute atomic E-state index is 0.118. The quantitative estimate of drug-likeness (QED) is 0.515. The van der Waals surface area contributed by atoms with Gasteiger partial charge in [0.2, 0.25) is 11.8 Å². The van der Waals surface area contributed by atoms with E-state index in [1.165, 1.54) is 21.2 Å². The van der Waals surface area contributed by atoms with E-state index >= 15 is 0 Å². The number of rotatable bonds is 5. The van der Waals surface area contributed by atoms with Gasteiger partial charge in [-0.15, -0.1) is 0 Å². The monoisotopic (exact) mass is 554 g/mol. The number of fused-ring (bicyclic) bond motifs is 6. The molecule has 3 saturated carbocycles. The molecule has 1 N–H and O–H groups in total. The molecule has 214 valence electrons. The lowest BCUT2D eigenvalue weighted by molar-refractivity contribution is -0.219. The second-order valence-corrected chi connectivity index (χ2v) is 13.1. The van der Waals surface area contributed by atoms with E-state index in [1.807, 2.05) is 0 Å². The van der Waals surface area contributed by atoms with E-state index in [9.17, 15) is 27.9 Å². The maximum Gasteiger partial charge on any atom is 0.394 e. The van der Waals surface area contributed by atoms with E-state index in [0.717, 1.165) is 51.7 Å². The standard InChI is InChI=1S/C32H37F3N2O3/c33-32(34,35)28-24-15-25(29(28)38)27-26(24)30(39)37(31(27)40)17-21-8-3-7-20(21)16-36-13-11-19(12-14-36)23-10-4-6-18-5-1-2-9-22(18)23/h1-2,4-6,9-10,19-21,24-29,38H,3,7-8,11-17H2/t20-,21-,24?,25?,26?,27?,28?,29?/m1/s1. The molecule has 2 aromatic rings. The van der Waals surface area contributed by atoms with Crippen LogP contribution in [0.3, 0.4) is 0 Å². The number of likely N-dealkylation sites (tertiary alicyclic amines) is 2. The van der Waals surface area contributed by atoms with Crippen LogP contribution in [-0.4, -0.2) is 65.2 Å². The summed E-state index contributed by atoms with van der Waals surface area (Å²) >= 11 is 0. The van der Waals surface area contributed by atoms with Crippen molar-refractivity contribution in [2.24, 2.45) is 41.4 Å². The second kappa shape index (κ2) is 9.83. The number of hydrogen-bond donors (Lipinski definition) is 1. The smallest absolute Gasteiger partial charge is 0.392 e. The molecule has 7 rings (SSSR count). The first-order valence-corrected chi connectivity index (χ1v) is 15.0. The molecule has 0 aromatic heterocycles. The topological polar surface area (TPSA) is 60.9 Å². The fraction of sp³-hybridized carbons (Fsp3) is 0.625. The van der Waals surface area contributed by atoms with Crippen molar-refractivity contribution < 1.29 is 27.9 Å². The Labute approximate surface area is 232 Å². The van der Waals surface area contributed by atoms with Crippen LogP contribution in [0.25, 0.3) is 10.8 Å². The number of aliphatic hydroxyl groups excluding tert-OH is 1. The van der Waals surface area contributed by atoms with Gasteiger partial charge in [0.05, 0.1) is 23.9 Å². The van der Waals surface area contributed by atoms with Crippen molar-refractivity contribution in [1.29, 1.82) is 0 Å². The third kappa shape index (κ3) is 4.20. The number of carbonyl (C=O) groups is 2. The summed E-state index contributed by atoms with van der Waals surface area (Å²) in [6, 6.07) is 15.1. The van der Waals surface area contributed by atoms with Crippen molar-refractivity contribution in [1.82, 2.24) is 9.80 Å². The summed E-state index contributed by atoms with van der Waals surface area (Å²) in [4.78, 5) is 30.5. The maximum absolute atomic E-state index is 13.7. The van der Waals surface area contributed by atoms with Gasteiger partial charge >= 0.3 is 6.18 Å². The Balaban J connectivity index is 0.985.